The van der Waals surface area contributed by atoms with Crippen molar-refractivity contribution in [1.29, 1.82) is 0 Å². The molecule has 131 heavy (non-hydrogen) atoms. The number of rotatable bonds is 6. The number of aromatic nitrogens is 8. The maximum absolute atomic E-state index is 8.76. The summed E-state index contributed by atoms with van der Waals surface area (Å²) in [6.45, 7) is 2.11. The number of benzene rings is 20. The van der Waals surface area contributed by atoms with Crippen molar-refractivity contribution in [3.8, 4) is 68.2 Å². The molecular formula is C119H68N8S4. The first-order chi connectivity index (χ1) is 67.0. The number of fused-ring (bicyclic) bond motifs is 36. The first-order valence-electron chi connectivity index (χ1n) is 46.1. The molecule has 0 N–H and O–H groups in total. The SMILES string of the molecule is Cc1ccc(-c2nc(-c3nc4c(c5ccccc35)c3ccccc3c3sc5ccccc5c43)nc3ccccc23)cc1.[2H]c1c([2H])c([2H])c(-c2nc(-c3cc4c(c5ccccc35)c3ccccc3c3sc5ccccc5c43)nc3ccccc23)c([2H])c1[2H].c1ccc2c(-c3ccc4sc5ccccc5c4c3)nc(-c3nc4c(c5ccccc35)c3ccccc3c3sc5ccccc5c43)nc2c1. The van der Waals surface area contributed by atoms with Gasteiger partial charge in [-0.15, -0.1) is 45.3 Å². The van der Waals surface area contributed by atoms with Crippen molar-refractivity contribution in [2.24, 2.45) is 0 Å². The number of para-hydroxylation sites is 3. The minimum atomic E-state index is -0.433. The molecule has 29 aromatic rings. The van der Waals surface area contributed by atoms with Gasteiger partial charge in [0.1, 0.15) is 11.4 Å². The number of hydrogen-bond donors (Lipinski definition) is 0. The largest absolute Gasteiger partial charge is 0.243 e. The minimum absolute atomic E-state index is 0.0631. The molecule has 0 aliphatic carbocycles. The predicted molar refractivity (Wildman–Crippen MR) is 561 cm³/mol. The summed E-state index contributed by atoms with van der Waals surface area (Å²) in [5.41, 5.74) is 12.5. The third kappa shape index (κ3) is 11.9. The Hall–Kier alpha value is -16.1. The fourth-order valence-electron chi connectivity index (χ4n) is 20.1. The summed E-state index contributed by atoms with van der Waals surface area (Å²) < 4.78 is 52.5. The second kappa shape index (κ2) is 30.0. The Bertz CT molecular complexity index is 10300. The molecule has 9 aromatic heterocycles. The molecule has 0 aliphatic heterocycles. The fourth-order valence-corrected chi connectivity index (χ4v) is 24.9. The smallest absolute Gasteiger partial charge is 0.179 e. The summed E-state index contributed by atoms with van der Waals surface area (Å²) >= 11 is 7.32. The monoisotopic (exact) mass is 1740 g/mol. The van der Waals surface area contributed by atoms with Crippen molar-refractivity contribution in [3.05, 3.63) is 400 Å². The maximum atomic E-state index is 8.76. The van der Waals surface area contributed by atoms with Crippen LogP contribution in [-0.4, -0.2) is 39.9 Å². The van der Waals surface area contributed by atoms with Crippen molar-refractivity contribution < 1.29 is 6.85 Å². The molecule has 0 fully saturated rings. The lowest BCUT2D eigenvalue weighted by Gasteiger charge is -2.15. The van der Waals surface area contributed by atoms with Gasteiger partial charge in [-0.3, -0.25) is 0 Å². The molecule has 0 aliphatic rings. The van der Waals surface area contributed by atoms with Gasteiger partial charge >= 0.3 is 0 Å². The van der Waals surface area contributed by atoms with Gasteiger partial charge in [-0.2, -0.15) is 0 Å². The van der Waals surface area contributed by atoms with Gasteiger partial charge in [-0.05, 0) is 116 Å². The van der Waals surface area contributed by atoms with Gasteiger partial charge in [-0.1, -0.05) is 339 Å². The third-order valence-corrected chi connectivity index (χ3v) is 30.7. The summed E-state index contributed by atoms with van der Waals surface area (Å²) in [6.07, 6.45) is 0. The molecule has 9 heterocycles. The van der Waals surface area contributed by atoms with E-state index in [2.05, 4.69) is 335 Å². The Morgan fingerprint density at radius 2 is 0.527 bits per heavy atom. The number of aryl methyl sites for hydroxylation is 1. The Morgan fingerprint density at radius 3 is 1.01 bits per heavy atom. The Balaban J connectivity index is 0.000000104. The second-order valence-electron chi connectivity index (χ2n) is 33.3. The summed E-state index contributed by atoms with van der Waals surface area (Å²) in [4.78, 5) is 42.2. The van der Waals surface area contributed by atoms with Crippen molar-refractivity contribution >= 4 is 256 Å². The van der Waals surface area contributed by atoms with E-state index in [1.165, 1.54) is 135 Å². The molecule has 8 nitrogen and oxygen atoms in total. The van der Waals surface area contributed by atoms with Gasteiger partial charge in [0.2, 0.25) is 0 Å². The molecule has 0 radical (unpaired) electrons. The van der Waals surface area contributed by atoms with Crippen LogP contribution in [0, 0.1) is 6.92 Å². The highest BCUT2D eigenvalue weighted by Crippen LogP contribution is 2.52. The quantitative estimate of drug-likeness (QED) is 0.152. The molecule has 608 valence electrons. The van der Waals surface area contributed by atoms with Crippen LogP contribution in [0.5, 0.6) is 0 Å². The van der Waals surface area contributed by atoms with Crippen LogP contribution in [0.25, 0.3) is 279 Å². The second-order valence-corrected chi connectivity index (χ2v) is 37.5. The molecule has 0 saturated carbocycles. The zero-order chi connectivity index (χ0) is 90.4. The lowest BCUT2D eigenvalue weighted by molar-refractivity contribution is 1.20. The number of hydrogen-bond acceptors (Lipinski definition) is 12. The highest BCUT2D eigenvalue weighted by Gasteiger charge is 2.27. The Morgan fingerprint density at radius 1 is 0.198 bits per heavy atom. The van der Waals surface area contributed by atoms with Gasteiger partial charge in [0.25, 0.3) is 0 Å². The predicted octanol–water partition coefficient (Wildman–Crippen LogP) is 33.8. The van der Waals surface area contributed by atoms with E-state index in [9.17, 15) is 0 Å². The first-order valence-corrected chi connectivity index (χ1v) is 46.9. The Kier molecular flexibility index (Phi) is 16.1. The van der Waals surface area contributed by atoms with Crippen LogP contribution in [-0.2, 0) is 0 Å². The van der Waals surface area contributed by atoms with Crippen molar-refractivity contribution in [1.82, 2.24) is 39.9 Å². The standard InChI is InChI=1S/C43H23N3S2.C38H23N3S.C38H22N2S/c1-3-14-28-26(12-1)37-27-13-2-4-15-29(27)42-38(31-17-7-10-20-35(31)48-42)41(37)45-40(28)43-44-33-18-8-5-16-30(33)39(46-43)24-21-22-36-32(23-24)25-11-6-9-19-34(25)47-36;1-22-18-20-23(21-19-22)34-28-14-6-8-16-30(28)39-38(41-34)35-26-12-4-2-10-24(26)32-25-11-3-5-13-27(25)37-33(36(32)40-35)29-15-7-9-17-31(29)42-37;1-2-12-23(13-3-1)36-28-18-8-10-20-32(28)39-38(40-36)30-22-31-34(25-15-5-4-14-24(25)30)26-16-6-7-17-27(26)37-35(31)29-19-9-11-21-33(29)41-37/h1-23H;2-21H,1H3;1-22H/i;;1D,2D,3D,12D,13D. The average Bonchev–Trinajstić information content (AvgIpc) is 1.35. The zero-order valence-electron chi connectivity index (χ0n) is 74.9. The van der Waals surface area contributed by atoms with Crippen LogP contribution in [0.15, 0.2) is 394 Å². The van der Waals surface area contributed by atoms with Gasteiger partial charge in [0.05, 0.1) is 51.5 Å². The molecule has 0 atom stereocenters. The van der Waals surface area contributed by atoms with Crippen LogP contribution in [0.1, 0.15) is 12.4 Å². The van der Waals surface area contributed by atoms with Crippen molar-refractivity contribution in [2.75, 3.05) is 0 Å². The van der Waals surface area contributed by atoms with E-state index < -0.39 is 18.1 Å². The van der Waals surface area contributed by atoms with Gasteiger partial charge < -0.3 is 0 Å². The van der Waals surface area contributed by atoms with Crippen LogP contribution in [0.3, 0.4) is 0 Å². The molecule has 20 aromatic carbocycles. The molecule has 0 bridgehead atoms. The highest BCUT2D eigenvalue weighted by molar-refractivity contribution is 7.28. The van der Waals surface area contributed by atoms with E-state index in [1.807, 2.05) is 70.4 Å². The van der Waals surface area contributed by atoms with E-state index >= 15 is 0 Å². The van der Waals surface area contributed by atoms with Crippen LogP contribution < -0.4 is 0 Å². The molecule has 0 amide bonds. The van der Waals surface area contributed by atoms with Gasteiger partial charge in [0.15, 0.2) is 17.5 Å². The number of thiophene rings is 4. The summed E-state index contributed by atoms with van der Waals surface area (Å²) in [7, 11) is 0. The van der Waals surface area contributed by atoms with Crippen LogP contribution in [0.2, 0.25) is 0 Å². The van der Waals surface area contributed by atoms with Crippen molar-refractivity contribution in [3.63, 3.8) is 0 Å². The number of pyridine rings is 2. The van der Waals surface area contributed by atoms with Gasteiger partial charge in [0, 0.05) is 157 Å². The lowest BCUT2D eigenvalue weighted by atomic mass is 9.90. The third-order valence-electron chi connectivity index (χ3n) is 25.9. The Labute approximate surface area is 771 Å². The molecule has 0 spiro atoms. The number of nitrogens with zero attached hydrogens (tertiary/aromatic N) is 8. The van der Waals surface area contributed by atoms with Gasteiger partial charge in [-0.25, -0.2) is 39.9 Å². The van der Waals surface area contributed by atoms with E-state index in [-0.39, 0.29) is 17.6 Å². The fraction of sp³-hybridized carbons (Fsp3) is 0.00840. The van der Waals surface area contributed by atoms with E-state index in [1.54, 1.807) is 11.3 Å². The maximum Gasteiger partial charge on any atom is 0.179 e. The molecule has 0 saturated heterocycles. The molecule has 29 rings (SSSR count). The van der Waals surface area contributed by atoms with E-state index in [0.717, 1.165) is 110 Å². The topological polar surface area (TPSA) is 103 Å². The highest BCUT2D eigenvalue weighted by atomic mass is 32.1. The molecule has 0 unspecified atom stereocenters. The van der Waals surface area contributed by atoms with E-state index in [4.69, 9.17) is 46.7 Å². The lowest BCUT2D eigenvalue weighted by Crippen LogP contribution is -1.99. The molecule has 12 heteroatoms. The summed E-state index contributed by atoms with van der Waals surface area (Å²) in [6, 6.07) is 126. The average molecular weight is 1740 g/mol. The van der Waals surface area contributed by atoms with Crippen molar-refractivity contribution in [2.45, 2.75) is 6.92 Å². The summed E-state index contributed by atoms with van der Waals surface area (Å²) in [5.74, 6) is 1.71. The van der Waals surface area contributed by atoms with Crippen LogP contribution in [0.4, 0.5) is 0 Å². The van der Waals surface area contributed by atoms with E-state index in [0.29, 0.717) is 34.1 Å². The minimum Gasteiger partial charge on any atom is -0.243 e. The summed E-state index contributed by atoms with van der Waals surface area (Å²) in [5, 5.41) is 30.9. The molecular weight excluding hydrogens is 1670 g/mol. The first kappa shape index (κ1) is 70.1. The van der Waals surface area contributed by atoms with Crippen LogP contribution >= 0.6 is 45.3 Å². The zero-order valence-corrected chi connectivity index (χ0v) is 73.1. The normalized spacial score (nSPS) is 12.5.